The molecule has 4 aromatic rings. The fourth-order valence-corrected chi connectivity index (χ4v) is 4.36. The van der Waals surface area contributed by atoms with Crippen molar-refractivity contribution in [2.75, 3.05) is 17.7 Å². The SMILES string of the molecule is CNc1ncc2cc(C3CC3NC(=O)Nc3cc(C(C)(C)C)nn3-c3cnoc3)c(=O)n(C(C)C)c2n1. The van der Waals surface area contributed by atoms with Crippen molar-refractivity contribution in [1.82, 2.24) is 34.8 Å². The maximum Gasteiger partial charge on any atom is 0.320 e. The van der Waals surface area contributed by atoms with Gasteiger partial charge in [-0.15, -0.1) is 0 Å². The van der Waals surface area contributed by atoms with Gasteiger partial charge in [-0.05, 0) is 26.3 Å². The molecule has 0 spiro atoms. The van der Waals surface area contributed by atoms with Gasteiger partial charge in [-0.3, -0.25) is 14.7 Å². The third kappa shape index (κ3) is 4.66. The fraction of sp³-hybridized carbons (Fsp3) is 0.440. The maximum absolute atomic E-state index is 13.4. The van der Waals surface area contributed by atoms with E-state index >= 15 is 0 Å². The van der Waals surface area contributed by atoms with Crippen molar-refractivity contribution in [2.24, 2.45) is 0 Å². The van der Waals surface area contributed by atoms with Crippen molar-refractivity contribution >= 4 is 28.8 Å². The topological polar surface area (TPSA) is 145 Å². The number of rotatable bonds is 6. The number of pyridine rings is 1. The second-order valence-corrected chi connectivity index (χ2v) is 10.6. The molecule has 2 unspecified atom stereocenters. The molecule has 12 nitrogen and oxygen atoms in total. The molecule has 1 saturated carbocycles. The Bertz CT molecular complexity index is 1510. The van der Waals surface area contributed by atoms with Gasteiger partial charge in [0.15, 0.2) is 0 Å². The molecule has 2 amide bonds. The predicted molar refractivity (Wildman–Crippen MR) is 139 cm³/mol. The van der Waals surface area contributed by atoms with Crippen LogP contribution in [0.5, 0.6) is 0 Å². The average Bonchev–Trinajstić information content (AvgIpc) is 3.20. The van der Waals surface area contributed by atoms with Crippen molar-refractivity contribution in [3.8, 4) is 5.69 Å². The lowest BCUT2D eigenvalue weighted by molar-refractivity contribution is 0.251. The number of hydrogen-bond acceptors (Lipinski definition) is 8. The van der Waals surface area contributed by atoms with Gasteiger partial charge in [0.05, 0.1) is 11.9 Å². The van der Waals surface area contributed by atoms with Crippen LogP contribution in [0.4, 0.5) is 16.6 Å². The summed E-state index contributed by atoms with van der Waals surface area (Å²) in [7, 11) is 1.74. The van der Waals surface area contributed by atoms with Crippen molar-refractivity contribution < 1.29 is 9.32 Å². The van der Waals surface area contributed by atoms with Crippen molar-refractivity contribution in [3.63, 3.8) is 0 Å². The summed E-state index contributed by atoms with van der Waals surface area (Å²) in [5.41, 5.74) is 2.32. The lowest BCUT2D eigenvalue weighted by Crippen LogP contribution is -2.33. The van der Waals surface area contributed by atoms with Crippen LogP contribution in [0.25, 0.3) is 16.7 Å². The number of aromatic nitrogens is 6. The molecule has 194 valence electrons. The average molecular weight is 506 g/mol. The van der Waals surface area contributed by atoms with Crippen molar-refractivity contribution in [3.05, 3.63) is 52.4 Å². The van der Waals surface area contributed by atoms with Crippen LogP contribution < -0.4 is 21.5 Å². The highest BCUT2D eigenvalue weighted by Gasteiger charge is 2.42. The smallest absolute Gasteiger partial charge is 0.320 e. The van der Waals surface area contributed by atoms with E-state index in [-0.39, 0.29) is 35.0 Å². The molecular weight excluding hydrogens is 474 g/mol. The number of carbonyl (C=O) groups excluding carboxylic acids is 1. The minimum Gasteiger partial charge on any atom is -0.362 e. The van der Waals surface area contributed by atoms with E-state index < -0.39 is 0 Å². The summed E-state index contributed by atoms with van der Waals surface area (Å²) in [5, 5.41) is 18.0. The van der Waals surface area contributed by atoms with Gasteiger partial charge in [-0.2, -0.15) is 10.1 Å². The molecule has 2 atom stereocenters. The molecule has 37 heavy (non-hydrogen) atoms. The summed E-state index contributed by atoms with van der Waals surface area (Å²) in [4.78, 5) is 35.2. The maximum atomic E-state index is 13.4. The Labute approximate surface area is 213 Å². The van der Waals surface area contributed by atoms with Gasteiger partial charge >= 0.3 is 6.03 Å². The van der Waals surface area contributed by atoms with Gasteiger partial charge in [-0.25, -0.2) is 14.5 Å². The monoisotopic (exact) mass is 505 g/mol. The summed E-state index contributed by atoms with van der Waals surface area (Å²) in [6, 6.07) is 3.05. The van der Waals surface area contributed by atoms with Crippen LogP contribution in [0.2, 0.25) is 0 Å². The molecule has 5 rings (SSSR count). The van der Waals surface area contributed by atoms with Crippen LogP contribution >= 0.6 is 0 Å². The third-order valence-corrected chi connectivity index (χ3v) is 6.43. The second kappa shape index (κ2) is 9.02. The molecule has 1 fully saturated rings. The number of amides is 2. The molecule has 4 heterocycles. The van der Waals surface area contributed by atoms with Crippen LogP contribution in [0.1, 0.15) is 64.3 Å². The van der Waals surface area contributed by atoms with E-state index in [1.807, 2.05) is 46.8 Å². The van der Waals surface area contributed by atoms with E-state index in [1.54, 1.807) is 22.5 Å². The first-order valence-corrected chi connectivity index (χ1v) is 12.2. The molecule has 3 N–H and O–H groups in total. The second-order valence-electron chi connectivity index (χ2n) is 10.6. The van der Waals surface area contributed by atoms with Crippen LogP contribution in [-0.2, 0) is 5.41 Å². The zero-order valence-corrected chi connectivity index (χ0v) is 21.7. The Morgan fingerprint density at radius 1 is 1.22 bits per heavy atom. The number of nitrogens with one attached hydrogen (secondary N) is 3. The third-order valence-electron chi connectivity index (χ3n) is 6.43. The fourth-order valence-electron chi connectivity index (χ4n) is 4.36. The number of carbonyl (C=O) groups is 1. The molecular formula is C25H31N9O3. The quantitative estimate of drug-likeness (QED) is 0.361. The number of urea groups is 1. The Morgan fingerprint density at radius 3 is 2.65 bits per heavy atom. The summed E-state index contributed by atoms with van der Waals surface area (Å²) in [6.07, 6.45) is 5.37. The van der Waals surface area contributed by atoms with Gasteiger partial charge in [0.1, 0.15) is 23.4 Å². The number of fused-ring (bicyclic) bond motifs is 1. The number of nitrogens with zero attached hydrogens (tertiary/aromatic N) is 6. The largest absolute Gasteiger partial charge is 0.362 e. The van der Waals surface area contributed by atoms with Gasteiger partial charge in [-0.1, -0.05) is 25.9 Å². The molecule has 1 aliphatic carbocycles. The van der Waals surface area contributed by atoms with E-state index in [9.17, 15) is 9.59 Å². The molecule has 0 radical (unpaired) electrons. The van der Waals surface area contributed by atoms with Crippen molar-refractivity contribution in [1.29, 1.82) is 0 Å². The highest BCUT2D eigenvalue weighted by Crippen LogP contribution is 2.40. The van der Waals surface area contributed by atoms with Crippen LogP contribution in [0.3, 0.4) is 0 Å². The van der Waals surface area contributed by atoms with E-state index in [0.717, 1.165) is 11.1 Å². The minimum atomic E-state index is -0.377. The van der Waals surface area contributed by atoms with E-state index in [0.29, 0.717) is 35.1 Å². The molecule has 0 aliphatic heterocycles. The summed E-state index contributed by atoms with van der Waals surface area (Å²) < 4.78 is 8.24. The molecule has 12 heteroatoms. The Kier molecular flexibility index (Phi) is 5.97. The van der Waals surface area contributed by atoms with Gasteiger partial charge < -0.3 is 15.2 Å². The number of anilines is 2. The Morgan fingerprint density at radius 2 is 2.00 bits per heavy atom. The first kappa shape index (κ1) is 24.5. The molecule has 4 aromatic heterocycles. The highest BCUT2D eigenvalue weighted by molar-refractivity contribution is 5.89. The zero-order valence-electron chi connectivity index (χ0n) is 21.7. The normalized spacial score (nSPS) is 17.3. The van der Waals surface area contributed by atoms with Gasteiger partial charge in [0.2, 0.25) is 5.95 Å². The molecule has 0 bridgehead atoms. The van der Waals surface area contributed by atoms with Crippen molar-refractivity contribution in [2.45, 2.75) is 64.5 Å². The van der Waals surface area contributed by atoms with E-state index in [1.165, 1.54) is 12.5 Å². The molecule has 0 saturated heterocycles. The Hall–Kier alpha value is -4.22. The lowest BCUT2D eigenvalue weighted by Gasteiger charge is -2.16. The van der Waals surface area contributed by atoms with E-state index in [2.05, 4.69) is 36.2 Å². The Balaban J connectivity index is 1.37. The molecule has 0 aromatic carbocycles. The van der Waals surface area contributed by atoms with E-state index in [4.69, 9.17) is 4.52 Å². The van der Waals surface area contributed by atoms with Crippen LogP contribution in [0.15, 0.2) is 40.1 Å². The summed E-state index contributed by atoms with van der Waals surface area (Å²) >= 11 is 0. The van der Waals surface area contributed by atoms with Gasteiger partial charge in [0, 0.05) is 53.7 Å². The highest BCUT2D eigenvalue weighted by atomic mass is 16.5. The predicted octanol–water partition coefficient (Wildman–Crippen LogP) is 3.56. The lowest BCUT2D eigenvalue weighted by atomic mass is 9.92. The summed E-state index contributed by atoms with van der Waals surface area (Å²) in [6.45, 7) is 10.0. The molecule has 1 aliphatic rings. The number of hydrogen-bond donors (Lipinski definition) is 3. The minimum absolute atomic E-state index is 0.0854. The van der Waals surface area contributed by atoms with Gasteiger partial charge in [0.25, 0.3) is 5.56 Å². The summed E-state index contributed by atoms with van der Waals surface area (Å²) in [5.74, 6) is 0.856. The van der Waals surface area contributed by atoms with Crippen LogP contribution in [0, 0.1) is 0 Å². The standard InChI is InChI=1S/C25H31N9O3/c1-13(2)33-21-14(10-27-23(26-6)31-21)7-17(22(33)35)16-8-18(16)29-24(36)30-20-9-19(25(3,4)5)32-34(20)15-11-28-37-12-15/h7,9-13,16,18H,8H2,1-6H3,(H,26,27,31)(H2,29,30,36). The first-order chi connectivity index (χ1) is 17.6. The first-order valence-electron chi connectivity index (χ1n) is 12.2. The zero-order chi connectivity index (χ0) is 26.5. The van der Waals surface area contributed by atoms with Crippen LogP contribution in [-0.4, -0.2) is 48.6 Å².